The zero-order valence-electron chi connectivity index (χ0n) is 20.2. The van der Waals surface area contributed by atoms with E-state index in [4.69, 9.17) is 4.98 Å². The van der Waals surface area contributed by atoms with Crippen LogP contribution in [0.5, 0.6) is 0 Å². The molecule has 0 saturated carbocycles. The molecule has 0 N–H and O–H groups in total. The number of halogens is 1. The van der Waals surface area contributed by atoms with Crippen molar-refractivity contribution < 1.29 is 9.18 Å². The number of benzene rings is 2. The first-order valence-electron chi connectivity index (χ1n) is 11.6. The third kappa shape index (κ3) is 6.29. The number of imidazole rings is 1. The van der Waals surface area contributed by atoms with Crippen molar-refractivity contribution in [3.63, 3.8) is 0 Å². The molecule has 0 aliphatic heterocycles. The lowest BCUT2D eigenvalue weighted by molar-refractivity contribution is 0.0715. The van der Waals surface area contributed by atoms with E-state index in [-0.39, 0.29) is 11.8 Å². The van der Waals surface area contributed by atoms with E-state index in [9.17, 15) is 9.18 Å². The van der Waals surface area contributed by atoms with E-state index in [0.717, 1.165) is 42.9 Å². The van der Waals surface area contributed by atoms with Crippen molar-refractivity contribution in [2.24, 2.45) is 5.92 Å². The Hall–Kier alpha value is -2.99. The Bertz CT molecular complexity index is 1100. The summed E-state index contributed by atoms with van der Waals surface area (Å²) < 4.78 is 16.0. The summed E-state index contributed by atoms with van der Waals surface area (Å²) in [7, 11) is 2.06. The highest BCUT2D eigenvalue weighted by molar-refractivity contribution is 5.94. The Kier molecular flexibility index (Phi) is 8.39. The molecule has 0 atom stereocenters. The second-order valence-electron chi connectivity index (χ2n) is 9.08. The van der Waals surface area contributed by atoms with Crippen LogP contribution < -0.4 is 0 Å². The van der Waals surface area contributed by atoms with Crippen LogP contribution in [0.3, 0.4) is 0 Å². The first kappa shape index (κ1) is 24.6. The van der Waals surface area contributed by atoms with E-state index in [1.807, 2.05) is 6.08 Å². The third-order valence-electron chi connectivity index (χ3n) is 5.51. The Morgan fingerprint density at radius 1 is 1.21 bits per heavy atom. The van der Waals surface area contributed by atoms with E-state index in [2.05, 4.69) is 62.1 Å². The molecule has 3 rings (SSSR count). The maximum atomic E-state index is 13.8. The molecule has 1 amide bonds. The second kappa shape index (κ2) is 11.2. The molecule has 0 bridgehead atoms. The number of hydrogen-bond acceptors (Lipinski definition) is 3. The number of nitrogens with zero attached hydrogens (tertiary/aromatic N) is 4. The van der Waals surface area contributed by atoms with Gasteiger partial charge in [-0.3, -0.25) is 9.69 Å². The van der Waals surface area contributed by atoms with Crippen LogP contribution in [0.1, 0.15) is 48.9 Å². The largest absolute Gasteiger partial charge is 0.331 e. The van der Waals surface area contributed by atoms with Crippen LogP contribution in [0.15, 0.2) is 55.1 Å². The molecule has 5 nitrogen and oxygen atoms in total. The summed E-state index contributed by atoms with van der Waals surface area (Å²) in [6.45, 7) is 13.5. The number of aryl methyl sites for hydroxylation is 1. The van der Waals surface area contributed by atoms with E-state index in [0.29, 0.717) is 18.7 Å². The number of hydrogen-bond donors (Lipinski definition) is 0. The molecule has 0 unspecified atom stereocenters. The van der Waals surface area contributed by atoms with E-state index >= 15 is 0 Å². The molecule has 0 aliphatic carbocycles. The highest BCUT2D eigenvalue weighted by Crippen LogP contribution is 2.22. The fourth-order valence-electron chi connectivity index (χ4n) is 4.15. The van der Waals surface area contributed by atoms with Gasteiger partial charge in [-0.25, -0.2) is 9.37 Å². The van der Waals surface area contributed by atoms with Crippen molar-refractivity contribution in [1.29, 1.82) is 0 Å². The van der Waals surface area contributed by atoms with Crippen molar-refractivity contribution in [2.75, 3.05) is 20.1 Å². The van der Waals surface area contributed by atoms with Crippen LogP contribution in [0.2, 0.25) is 0 Å². The number of rotatable bonds is 11. The van der Waals surface area contributed by atoms with Crippen molar-refractivity contribution in [1.82, 2.24) is 19.4 Å². The molecular weight excluding hydrogens is 415 g/mol. The average molecular weight is 451 g/mol. The summed E-state index contributed by atoms with van der Waals surface area (Å²) in [5.41, 5.74) is 3.56. The Morgan fingerprint density at radius 2 is 2.00 bits per heavy atom. The number of likely N-dealkylation sites (N-methyl/N-ethyl adjacent to an activating group) is 1. The zero-order chi connectivity index (χ0) is 24.0. The SMILES string of the molecule is C=CCN(C)Cc1ccc2c(c1)nc(CN(CC(C)C)C(=O)c1cccc(F)c1)n2CCC. The van der Waals surface area contributed by atoms with Crippen molar-refractivity contribution in [3.05, 3.63) is 77.9 Å². The van der Waals surface area contributed by atoms with Gasteiger partial charge in [-0.15, -0.1) is 6.58 Å². The summed E-state index contributed by atoms with van der Waals surface area (Å²) in [5, 5.41) is 0. The van der Waals surface area contributed by atoms with Crippen molar-refractivity contribution in [2.45, 2.75) is 46.8 Å². The van der Waals surface area contributed by atoms with Crippen LogP contribution in [-0.2, 0) is 19.6 Å². The summed E-state index contributed by atoms with van der Waals surface area (Å²) in [5.74, 6) is 0.551. The molecule has 3 aromatic rings. The number of amides is 1. The van der Waals surface area contributed by atoms with Crippen LogP contribution in [0, 0.1) is 11.7 Å². The first-order chi connectivity index (χ1) is 15.8. The fraction of sp³-hybridized carbons (Fsp3) is 0.407. The highest BCUT2D eigenvalue weighted by atomic mass is 19.1. The van der Waals surface area contributed by atoms with Gasteiger partial charge in [0.25, 0.3) is 5.91 Å². The van der Waals surface area contributed by atoms with Gasteiger partial charge < -0.3 is 9.47 Å². The van der Waals surface area contributed by atoms with Gasteiger partial charge in [0, 0.05) is 31.7 Å². The molecule has 0 aliphatic rings. The number of aromatic nitrogens is 2. The molecular formula is C27H35FN4O. The number of carbonyl (C=O) groups is 1. The Labute approximate surface area is 196 Å². The predicted octanol–water partition coefficient (Wildman–Crippen LogP) is 5.50. The molecule has 176 valence electrons. The van der Waals surface area contributed by atoms with E-state index in [1.54, 1.807) is 17.0 Å². The lowest BCUT2D eigenvalue weighted by Crippen LogP contribution is -2.34. The maximum Gasteiger partial charge on any atom is 0.254 e. The second-order valence-corrected chi connectivity index (χ2v) is 9.08. The minimum absolute atomic E-state index is 0.176. The molecule has 6 heteroatoms. The van der Waals surface area contributed by atoms with Crippen LogP contribution >= 0.6 is 0 Å². The summed E-state index contributed by atoms with van der Waals surface area (Å²) >= 11 is 0. The zero-order valence-corrected chi connectivity index (χ0v) is 20.2. The van der Waals surface area contributed by atoms with Crippen LogP contribution in [0.4, 0.5) is 4.39 Å². The highest BCUT2D eigenvalue weighted by Gasteiger charge is 2.21. The van der Waals surface area contributed by atoms with Crippen LogP contribution in [-0.4, -0.2) is 45.4 Å². The fourth-order valence-corrected chi connectivity index (χ4v) is 4.15. The first-order valence-corrected chi connectivity index (χ1v) is 11.6. The minimum atomic E-state index is -0.405. The lowest BCUT2D eigenvalue weighted by atomic mass is 10.1. The normalized spacial score (nSPS) is 11.5. The Morgan fingerprint density at radius 3 is 2.67 bits per heavy atom. The van der Waals surface area contributed by atoms with Gasteiger partial charge >= 0.3 is 0 Å². The summed E-state index contributed by atoms with van der Waals surface area (Å²) in [4.78, 5) is 22.2. The standard InChI is InChI=1S/C27H35FN4O/c1-6-13-30(5)18-21-11-12-25-24(15-21)29-26(32(25)14-7-2)19-31(17-20(3)4)27(33)22-9-8-10-23(28)16-22/h6,8-12,15-16,20H,1,7,13-14,17-19H2,2-5H3. The number of fused-ring (bicyclic) bond motifs is 1. The Balaban J connectivity index is 1.95. The van der Waals surface area contributed by atoms with Gasteiger partial charge in [0.2, 0.25) is 0 Å². The molecule has 2 aromatic carbocycles. The lowest BCUT2D eigenvalue weighted by Gasteiger charge is -2.25. The van der Waals surface area contributed by atoms with Gasteiger partial charge in [-0.2, -0.15) is 0 Å². The van der Waals surface area contributed by atoms with Gasteiger partial charge in [0.1, 0.15) is 11.6 Å². The molecule has 0 saturated heterocycles. The smallest absolute Gasteiger partial charge is 0.254 e. The molecule has 1 aromatic heterocycles. The average Bonchev–Trinajstić information content (AvgIpc) is 3.09. The summed E-state index contributed by atoms with van der Waals surface area (Å²) in [6, 6.07) is 12.3. The van der Waals surface area contributed by atoms with Gasteiger partial charge in [-0.05, 0) is 55.3 Å². The summed E-state index contributed by atoms with van der Waals surface area (Å²) in [6.07, 6.45) is 2.86. The topological polar surface area (TPSA) is 41.4 Å². The van der Waals surface area contributed by atoms with Gasteiger partial charge in [0.15, 0.2) is 0 Å². The minimum Gasteiger partial charge on any atom is -0.331 e. The predicted molar refractivity (Wildman–Crippen MR) is 133 cm³/mol. The molecule has 0 spiro atoms. The van der Waals surface area contributed by atoms with Gasteiger partial charge in [0.05, 0.1) is 17.6 Å². The van der Waals surface area contributed by atoms with E-state index < -0.39 is 5.82 Å². The number of carbonyl (C=O) groups excluding carboxylic acids is 1. The maximum absolute atomic E-state index is 13.8. The third-order valence-corrected chi connectivity index (χ3v) is 5.51. The molecule has 33 heavy (non-hydrogen) atoms. The molecule has 0 radical (unpaired) electrons. The van der Waals surface area contributed by atoms with Crippen molar-refractivity contribution in [3.8, 4) is 0 Å². The quantitative estimate of drug-likeness (QED) is 0.362. The molecule has 1 heterocycles. The van der Waals surface area contributed by atoms with Gasteiger partial charge in [-0.1, -0.05) is 39.0 Å². The monoisotopic (exact) mass is 450 g/mol. The van der Waals surface area contributed by atoms with E-state index in [1.165, 1.54) is 17.7 Å². The van der Waals surface area contributed by atoms with Crippen molar-refractivity contribution >= 4 is 16.9 Å². The molecule has 0 fully saturated rings. The van der Waals surface area contributed by atoms with Crippen LogP contribution in [0.25, 0.3) is 11.0 Å².